The zero-order valence-electron chi connectivity index (χ0n) is 18.3. The Morgan fingerprint density at radius 1 is 1.03 bits per heavy atom. The van der Waals surface area contributed by atoms with Crippen molar-refractivity contribution in [3.05, 3.63) is 66.2 Å². The van der Waals surface area contributed by atoms with E-state index in [0.717, 1.165) is 10.8 Å². The van der Waals surface area contributed by atoms with Crippen molar-refractivity contribution in [1.29, 1.82) is 0 Å². The van der Waals surface area contributed by atoms with Gasteiger partial charge in [0.1, 0.15) is 18.1 Å². The van der Waals surface area contributed by atoms with Crippen LogP contribution in [0.3, 0.4) is 0 Å². The number of nitrogens with zero attached hydrogens (tertiary/aromatic N) is 1. The number of carbonyl (C=O) groups excluding carboxylic acids is 1. The number of fused-ring (bicyclic) bond motifs is 1. The van der Waals surface area contributed by atoms with Gasteiger partial charge in [-0.2, -0.15) is 0 Å². The van der Waals surface area contributed by atoms with Crippen molar-refractivity contribution < 1.29 is 27.4 Å². The number of hydrogen-bond donors (Lipinski definition) is 1. The fourth-order valence-electron chi connectivity index (χ4n) is 3.64. The van der Waals surface area contributed by atoms with Crippen molar-refractivity contribution in [3.8, 4) is 11.5 Å². The Hall–Kier alpha value is -3.14. The fourth-order valence-corrected chi connectivity index (χ4v) is 4.68. The predicted octanol–water partition coefficient (Wildman–Crippen LogP) is 2.68. The molecule has 1 N–H and O–H groups in total. The Bertz CT molecular complexity index is 1240. The first kappa shape index (κ1) is 23.0. The molecule has 8 nitrogen and oxygen atoms in total. The smallest absolute Gasteiger partial charge is 0.257 e. The van der Waals surface area contributed by atoms with E-state index in [9.17, 15) is 13.2 Å². The third kappa shape index (κ3) is 5.44. The summed E-state index contributed by atoms with van der Waals surface area (Å²) in [7, 11) is -2.40. The highest BCUT2D eigenvalue weighted by atomic mass is 32.2. The van der Waals surface area contributed by atoms with Crippen LogP contribution in [0, 0.1) is 0 Å². The summed E-state index contributed by atoms with van der Waals surface area (Å²) in [6.45, 7) is 2.03. The molecule has 1 aliphatic rings. The number of nitrogens with one attached hydrogen (secondary N) is 1. The first-order valence-corrected chi connectivity index (χ1v) is 12.1. The van der Waals surface area contributed by atoms with E-state index in [1.807, 2.05) is 42.5 Å². The largest absolute Gasteiger partial charge is 0.496 e. The normalized spacial score (nSPS) is 14.3. The van der Waals surface area contributed by atoms with Crippen LogP contribution in [-0.4, -0.2) is 65.8 Å². The van der Waals surface area contributed by atoms with Gasteiger partial charge in [-0.25, -0.2) is 13.1 Å². The van der Waals surface area contributed by atoms with Crippen molar-refractivity contribution in [2.24, 2.45) is 0 Å². The Kier molecular flexibility index (Phi) is 7.12. The number of morpholine rings is 1. The maximum atomic E-state index is 12.9. The summed E-state index contributed by atoms with van der Waals surface area (Å²) in [5.41, 5.74) is 0.203. The number of carbonyl (C=O) groups is 1. The maximum Gasteiger partial charge on any atom is 0.257 e. The SMILES string of the molecule is COc1ccc(S(=O)(=O)NCCOc2ccc3ccccc3c2)cc1C(=O)N1CCOCC1. The zero-order valence-corrected chi connectivity index (χ0v) is 19.1. The Morgan fingerprint density at radius 2 is 1.79 bits per heavy atom. The van der Waals surface area contributed by atoms with Crippen LogP contribution in [0.4, 0.5) is 0 Å². The van der Waals surface area contributed by atoms with Crippen LogP contribution in [0.5, 0.6) is 11.5 Å². The molecule has 9 heteroatoms. The second-order valence-corrected chi connectivity index (χ2v) is 9.29. The van der Waals surface area contributed by atoms with Gasteiger partial charge in [-0.1, -0.05) is 30.3 Å². The van der Waals surface area contributed by atoms with E-state index in [2.05, 4.69) is 4.72 Å². The lowest BCUT2D eigenvalue weighted by Crippen LogP contribution is -2.40. The van der Waals surface area contributed by atoms with Crippen molar-refractivity contribution >= 4 is 26.7 Å². The van der Waals surface area contributed by atoms with Crippen LogP contribution in [-0.2, 0) is 14.8 Å². The van der Waals surface area contributed by atoms with Crippen LogP contribution < -0.4 is 14.2 Å². The molecule has 1 fully saturated rings. The molecule has 3 aromatic carbocycles. The number of sulfonamides is 1. The first-order valence-electron chi connectivity index (χ1n) is 10.6. The predicted molar refractivity (Wildman–Crippen MR) is 124 cm³/mol. The van der Waals surface area contributed by atoms with E-state index in [4.69, 9.17) is 14.2 Å². The number of ether oxygens (including phenoxy) is 3. The molecule has 0 atom stereocenters. The van der Waals surface area contributed by atoms with Crippen molar-refractivity contribution in [2.45, 2.75) is 4.90 Å². The molecule has 3 aromatic rings. The van der Waals surface area contributed by atoms with Gasteiger partial charge in [0, 0.05) is 19.6 Å². The Labute approximate surface area is 193 Å². The van der Waals surface area contributed by atoms with Gasteiger partial charge in [-0.3, -0.25) is 4.79 Å². The van der Waals surface area contributed by atoms with Gasteiger partial charge >= 0.3 is 0 Å². The van der Waals surface area contributed by atoms with Crippen LogP contribution in [0.25, 0.3) is 10.8 Å². The third-order valence-electron chi connectivity index (χ3n) is 5.39. The molecule has 0 spiro atoms. The molecule has 0 aliphatic carbocycles. The average Bonchev–Trinajstić information content (AvgIpc) is 2.86. The van der Waals surface area contributed by atoms with E-state index in [1.54, 1.807) is 4.90 Å². The highest BCUT2D eigenvalue weighted by Gasteiger charge is 2.24. The van der Waals surface area contributed by atoms with Crippen molar-refractivity contribution in [2.75, 3.05) is 46.6 Å². The number of methoxy groups -OCH3 is 1. The number of hydrogen-bond acceptors (Lipinski definition) is 6. The van der Waals surface area contributed by atoms with Gasteiger partial charge in [0.05, 0.1) is 30.8 Å². The van der Waals surface area contributed by atoms with Gasteiger partial charge in [-0.15, -0.1) is 0 Å². The standard InChI is InChI=1S/C24H26N2O6S/c1-30-23-9-8-21(17-22(23)24(27)26-11-14-31-15-12-26)33(28,29)25-10-13-32-20-7-6-18-4-2-3-5-19(18)16-20/h2-9,16-17,25H,10-15H2,1H3. The molecular weight excluding hydrogens is 444 g/mol. The van der Waals surface area contributed by atoms with Gasteiger partial charge in [0.25, 0.3) is 5.91 Å². The van der Waals surface area contributed by atoms with E-state index >= 15 is 0 Å². The topological polar surface area (TPSA) is 94.2 Å². The molecule has 0 aromatic heterocycles. The average molecular weight is 471 g/mol. The minimum absolute atomic E-state index is 0.00869. The molecule has 0 bridgehead atoms. The maximum absolute atomic E-state index is 12.9. The molecule has 174 valence electrons. The summed E-state index contributed by atoms with van der Waals surface area (Å²) >= 11 is 0. The number of benzene rings is 3. The molecule has 1 amide bonds. The molecule has 33 heavy (non-hydrogen) atoms. The molecule has 0 unspecified atom stereocenters. The van der Waals surface area contributed by atoms with E-state index in [1.165, 1.54) is 25.3 Å². The molecule has 1 aliphatic heterocycles. The van der Waals surface area contributed by atoms with Crippen LogP contribution in [0.15, 0.2) is 65.6 Å². The van der Waals surface area contributed by atoms with Crippen LogP contribution in [0.1, 0.15) is 10.4 Å². The summed E-state index contributed by atoms with van der Waals surface area (Å²) in [5, 5.41) is 2.15. The van der Waals surface area contributed by atoms with Crippen LogP contribution >= 0.6 is 0 Å². The Balaban J connectivity index is 1.41. The number of amides is 1. The summed E-state index contributed by atoms with van der Waals surface area (Å²) < 4.78 is 44.4. The summed E-state index contributed by atoms with van der Waals surface area (Å²) in [5.74, 6) is 0.702. The van der Waals surface area contributed by atoms with Gasteiger partial charge < -0.3 is 19.1 Å². The van der Waals surface area contributed by atoms with Crippen molar-refractivity contribution in [1.82, 2.24) is 9.62 Å². The summed E-state index contributed by atoms with van der Waals surface area (Å²) in [6, 6.07) is 17.9. The molecule has 1 heterocycles. The summed E-state index contributed by atoms with van der Waals surface area (Å²) in [6.07, 6.45) is 0. The minimum atomic E-state index is -3.84. The van der Waals surface area contributed by atoms with Crippen LogP contribution in [0.2, 0.25) is 0 Å². The highest BCUT2D eigenvalue weighted by molar-refractivity contribution is 7.89. The Morgan fingerprint density at radius 3 is 2.55 bits per heavy atom. The molecular formula is C24H26N2O6S. The second kappa shape index (κ2) is 10.2. The van der Waals surface area contributed by atoms with E-state index < -0.39 is 10.0 Å². The van der Waals surface area contributed by atoms with E-state index in [0.29, 0.717) is 37.8 Å². The zero-order chi connectivity index (χ0) is 23.3. The number of rotatable bonds is 8. The van der Waals surface area contributed by atoms with Crippen molar-refractivity contribution in [3.63, 3.8) is 0 Å². The third-order valence-corrected chi connectivity index (χ3v) is 6.85. The quantitative estimate of drug-likeness (QED) is 0.509. The summed E-state index contributed by atoms with van der Waals surface area (Å²) in [4.78, 5) is 14.5. The minimum Gasteiger partial charge on any atom is -0.496 e. The molecule has 1 saturated heterocycles. The lowest BCUT2D eigenvalue weighted by atomic mass is 10.1. The lowest BCUT2D eigenvalue weighted by Gasteiger charge is -2.27. The molecule has 0 radical (unpaired) electrons. The van der Waals surface area contributed by atoms with Gasteiger partial charge in [0.2, 0.25) is 10.0 Å². The van der Waals surface area contributed by atoms with E-state index in [-0.39, 0.29) is 29.5 Å². The second-order valence-electron chi connectivity index (χ2n) is 7.52. The fraction of sp³-hybridized carbons (Fsp3) is 0.292. The van der Waals surface area contributed by atoms with Gasteiger partial charge in [-0.05, 0) is 41.1 Å². The monoisotopic (exact) mass is 470 g/mol. The molecule has 0 saturated carbocycles. The first-order chi connectivity index (χ1) is 16.0. The lowest BCUT2D eigenvalue weighted by molar-refractivity contribution is 0.0300. The highest BCUT2D eigenvalue weighted by Crippen LogP contribution is 2.25. The van der Waals surface area contributed by atoms with Gasteiger partial charge in [0.15, 0.2) is 0 Å². The molecule has 4 rings (SSSR count).